The zero-order valence-corrected chi connectivity index (χ0v) is 9.25. The first-order valence-electron chi connectivity index (χ1n) is 4.50. The molecule has 1 aromatic rings. The Morgan fingerprint density at radius 2 is 2.43 bits per heavy atom. The number of pyridine rings is 1. The fourth-order valence-corrected chi connectivity index (χ4v) is 1.81. The minimum Gasteiger partial charge on any atom is -0.481 e. The van der Waals surface area contributed by atoms with Crippen LogP contribution >= 0.6 is 11.8 Å². The molecular formula is C10H15NO2S. The van der Waals surface area contributed by atoms with Gasteiger partial charge in [0.2, 0.25) is 5.88 Å². The molecule has 0 saturated heterocycles. The Kier molecular flexibility index (Phi) is 4.76. The molecule has 0 amide bonds. The maximum atomic E-state index is 8.86. The van der Waals surface area contributed by atoms with E-state index >= 15 is 0 Å². The van der Waals surface area contributed by atoms with Crippen LogP contribution in [0.5, 0.6) is 5.88 Å². The third-order valence-corrected chi connectivity index (χ3v) is 3.08. The van der Waals surface area contributed by atoms with E-state index in [1.54, 1.807) is 25.1 Å². The molecule has 0 aliphatic rings. The number of rotatable bonds is 5. The Bertz CT molecular complexity index is 281. The van der Waals surface area contributed by atoms with Crippen molar-refractivity contribution in [2.75, 3.05) is 19.5 Å². The summed E-state index contributed by atoms with van der Waals surface area (Å²) in [5.74, 6) is 1.86. The van der Waals surface area contributed by atoms with Gasteiger partial charge >= 0.3 is 0 Å². The number of ether oxygens (including phenoxy) is 1. The molecule has 0 fully saturated rings. The molecule has 0 aromatic carbocycles. The lowest BCUT2D eigenvalue weighted by Gasteiger charge is -2.07. The van der Waals surface area contributed by atoms with Crippen molar-refractivity contribution in [1.29, 1.82) is 0 Å². The number of aliphatic hydroxyl groups excluding tert-OH is 1. The van der Waals surface area contributed by atoms with Crippen molar-refractivity contribution >= 4 is 11.8 Å². The molecule has 0 bridgehead atoms. The quantitative estimate of drug-likeness (QED) is 0.757. The molecule has 3 nitrogen and oxygen atoms in total. The number of aliphatic hydroxyl groups is 1. The largest absolute Gasteiger partial charge is 0.481 e. The predicted molar refractivity (Wildman–Crippen MR) is 57.8 cm³/mol. The molecule has 0 saturated carbocycles. The highest BCUT2D eigenvalue weighted by Gasteiger charge is 2.02. The Hall–Kier alpha value is -0.740. The summed E-state index contributed by atoms with van der Waals surface area (Å²) >= 11 is 1.70. The van der Waals surface area contributed by atoms with E-state index in [0.29, 0.717) is 11.8 Å². The average molecular weight is 213 g/mol. The molecule has 4 heteroatoms. The molecule has 0 spiro atoms. The van der Waals surface area contributed by atoms with Crippen LogP contribution in [-0.4, -0.2) is 29.6 Å². The van der Waals surface area contributed by atoms with Crippen LogP contribution in [0.2, 0.25) is 0 Å². The fourth-order valence-electron chi connectivity index (χ4n) is 0.884. The summed E-state index contributed by atoms with van der Waals surface area (Å²) in [4.78, 5) is 5.14. The first kappa shape index (κ1) is 11.3. The molecule has 0 aliphatic heterocycles. The number of methoxy groups -OCH3 is 1. The number of thioether (sulfide) groups is 1. The summed E-state index contributed by atoms with van der Waals surface area (Å²) in [7, 11) is 1.60. The van der Waals surface area contributed by atoms with Crippen molar-refractivity contribution in [3.8, 4) is 5.88 Å². The average Bonchev–Trinajstić information content (AvgIpc) is 2.26. The molecule has 0 aliphatic carbocycles. The number of hydrogen-bond acceptors (Lipinski definition) is 4. The van der Waals surface area contributed by atoms with Crippen LogP contribution in [0.3, 0.4) is 0 Å². The molecule has 14 heavy (non-hydrogen) atoms. The molecule has 1 N–H and O–H groups in total. The zero-order chi connectivity index (χ0) is 10.4. The van der Waals surface area contributed by atoms with Crippen molar-refractivity contribution in [3.63, 3.8) is 0 Å². The van der Waals surface area contributed by atoms with Crippen LogP contribution in [0, 0.1) is 5.92 Å². The molecule has 78 valence electrons. The minimum absolute atomic E-state index is 0.231. The van der Waals surface area contributed by atoms with Gasteiger partial charge in [-0.2, -0.15) is 0 Å². The Balaban J connectivity index is 2.50. The van der Waals surface area contributed by atoms with Crippen LogP contribution < -0.4 is 4.74 Å². The first-order valence-corrected chi connectivity index (χ1v) is 5.48. The van der Waals surface area contributed by atoms with Gasteiger partial charge in [-0.25, -0.2) is 4.98 Å². The van der Waals surface area contributed by atoms with Gasteiger partial charge in [-0.05, 0) is 12.0 Å². The topological polar surface area (TPSA) is 42.4 Å². The summed E-state index contributed by atoms with van der Waals surface area (Å²) < 4.78 is 5.01. The van der Waals surface area contributed by atoms with E-state index in [4.69, 9.17) is 9.84 Å². The third-order valence-electron chi connectivity index (χ3n) is 1.76. The number of nitrogens with zero attached hydrogens (tertiary/aromatic N) is 1. The lowest BCUT2D eigenvalue weighted by Crippen LogP contribution is -2.03. The van der Waals surface area contributed by atoms with Crippen molar-refractivity contribution < 1.29 is 9.84 Å². The second kappa shape index (κ2) is 5.88. The van der Waals surface area contributed by atoms with Crippen LogP contribution in [0.4, 0.5) is 0 Å². The van der Waals surface area contributed by atoms with Crippen molar-refractivity contribution in [1.82, 2.24) is 4.98 Å². The van der Waals surface area contributed by atoms with Crippen molar-refractivity contribution in [3.05, 3.63) is 18.3 Å². The lowest BCUT2D eigenvalue weighted by atomic mass is 10.2. The SMILES string of the molecule is COc1cc(SCC(C)CO)ccn1. The zero-order valence-electron chi connectivity index (χ0n) is 8.43. The monoisotopic (exact) mass is 213 g/mol. The minimum atomic E-state index is 0.231. The van der Waals surface area contributed by atoms with E-state index in [0.717, 1.165) is 10.6 Å². The van der Waals surface area contributed by atoms with Crippen LogP contribution in [-0.2, 0) is 0 Å². The Labute approximate surface area is 88.5 Å². The fraction of sp³-hybridized carbons (Fsp3) is 0.500. The maximum absolute atomic E-state index is 8.86. The normalized spacial score (nSPS) is 12.5. The van der Waals surface area contributed by atoms with Crippen molar-refractivity contribution in [2.24, 2.45) is 5.92 Å². The van der Waals surface area contributed by atoms with Gasteiger partial charge in [0.1, 0.15) is 0 Å². The summed E-state index contributed by atoms with van der Waals surface area (Å²) in [6.45, 7) is 2.25. The smallest absolute Gasteiger partial charge is 0.214 e. The van der Waals surface area contributed by atoms with Gasteiger partial charge in [0.25, 0.3) is 0 Å². The van der Waals surface area contributed by atoms with E-state index in [1.807, 2.05) is 19.1 Å². The lowest BCUT2D eigenvalue weighted by molar-refractivity contribution is 0.250. The molecule has 0 radical (unpaired) electrons. The van der Waals surface area contributed by atoms with Gasteiger partial charge in [-0.3, -0.25) is 0 Å². The van der Waals surface area contributed by atoms with E-state index < -0.39 is 0 Å². The second-order valence-corrected chi connectivity index (χ2v) is 4.23. The molecule has 1 rings (SSSR count). The van der Waals surface area contributed by atoms with Crippen LogP contribution in [0.15, 0.2) is 23.2 Å². The van der Waals surface area contributed by atoms with E-state index in [2.05, 4.69) is 4.98 Å². The van der Waals surface area contributed by atoms with Gasteiger partial charge < -0.3 is 9.84 Å². The van der Waals surface area contributed by atoms with Crippen molar-refractivity contribution in [2.45, 2.75) is 11.8 Å². The molecule has 1 aromatic heterocycles. The molecular weight excluding hydrogens is 198 g/mol. The van der Waals surface area contributed by atoms with Gasteiger partial charge in [-0.1, -0.05) is 6.92 Å². The van der Waals surface area contributed by atoms with Gasteiger partial charge in [0, 0.05) is 29.5 Å². The highest BCUT2D eigenvalue weighted by atomic mass is 32.2. The van der Waals surface area contributed by atoms with Gasteiger partial charge in [0.05, 0.1) is 7.11 Å². The number of aromatic nitrogens is 1. The van der Waals surface area contributed by atoms with Gasteiger partial charge in [0.15, 0.2) is 0 Å². The predicted octanol–water partition coefficient (Wildman–Crippen LogP) is 1.81. The molecule has 1 heterocycles. The first-order chi connectivity index (χ1) is 6.76. The summed E-state index contributed by atoms with van der Waals surface area (Å²) in [5.41, 5.74) is 0. The highest BCUT2D eigenvalue weighted by molar-refractivity contribution is 7.99. The second-order valence-electron chi connectivity index (χ2n) is 3.13. The summed E-state index contributed by atoms with van der Waals surface area (Å²) in [6, 6.07) is 3.84. The summed E-state index contributed by atoms with van der Waals surface area (Å²) in [5, 5.41) is 8.86. The van der Waals surface area contributed by atoms with Gasteiger partial charge in [-0.15, -0.1) is 11.8 Å². The molecule has 1 atom stereocenters. The van der Waals surface area contributed by atoms with E-state index in [1.165, 1.54) is 0 Å². The maximum Gasteiger partial charge on any atom is 0.214 e. The standard InChI is InChI=1S/C10H15NO2S/c1-8(6-12)7-14-9-3-4-11-10(5-9)13-2/h3-5,8,12H,6-7H2,1-2H3. The van der Waals surface area contributed by atoms with E-state index in [9.17, 15) is 0 Å². The van der Waals surface area contributed by atoms with E-state index in [-0.39, 0.29) is 6.61 Å². The highest BCUT2D eigenvalue weighted by Crippen LogP contribution is 2.22. The Morgan fingerprint density at radius 3 is 3.07 bits per heavy atom. The summed E-state index contributed by atoms with van der Waals surface area (Å²) in [6.07, 6.45) is 1.73. The molecule has 1 unspecified atom stereocenters. The van der Waals surface area contributed by atoms with Crippen LogP contribution in [0.1, 0.15) is 6.92 Å². The Morgan fingerprint density at radius 1 is 1.64 bits per heavy atom. The third kappa shape index (κ3) is 3.55. The number of hydrogen-bond donors (Lipinski definition) is 1. The van der Waals surface area contributed by atoms with Crippen LogP contribution in [0.25, 0.3) is 0 Å².